The van der Waals surface area contributed by atoms with Crippen molar-refractivity contribution in [3.63, 3.8) is 0 Å². The van der Waals surface area contributed by atoms with Crippen LogP contribution in [-0.4, -0.2) is 34.9 Å². The topological polar surface area (TPSA) is 113 Å². The minimum absolute atomic E-state index is 0.0195. The summed E-state index contributed by atoms with van der Waals surface area (Å²) in [6.07, 6.45) is 6.67. The summed E-state index contributed by atoms with van der Waals surface area (Å²) in [7, 11) is -3.64. The molecular formula is C11H16N6O2S. The number of imidazole rings is 1. The summed E-state index contributed by atoms with van der Waals surface area (Å²) in [5.41, 5.74) is 0. The van der Waals surface area contributed by atoms with Gasteiger partial charge in [-0.1, -0.05) is 6.92 Å². The van der Waals surface area contributed by atoms with Gasteiger partial charge in [0.25, 0.3) is 0 Å². The van der Waals surface area contributed by atoms with E-state index in [1.165, 1.54) is 12.4 Å². The van der Waals surface area contributed by atoms with E-state index in [-0.39, 0.29) is 11.4 Å². The predicted molar refractivity (Wildman–Crippen MR) is 73.4 cm³/mol. The van der Waals surface area contributed by atoms with E-state index in [0.717, 1.165) is 13.0 Å². The molecule has 20 heavy (non-hydrogen) atoms. The number of H-pyrrole nitrogens is 1. The number of hydrogen-bond acceptors (Lipinski definition) is 6. The van der Waals surface area contributed by atoms with Gasteiger partial charge in [-0.15, -0.1) is 0 Å². The Morgan fingerprint density at radius 1 is 1.25 bits per heavy atom. The Morgan fingerprint density at radius 2 is 2.00 bits per heavy atom. The van der Waals surface area contributed by atoms with Crippen LogP contribution in [0, 0.1) is 0 Å². The molecule has 0 aliphatic rings. The van der Waals surface area contributed by atoms with Gasteiger partial charge in [0.05, 0.1) is 18.9 Å². The van der Waals surface area contributed by atoms with Gasteiger partial charge in [-0.3, -0.25) is 0 Å². The summed E-state index contributed by atoms with van der Waals surface area (Å²) in [5.74, 6) is 0.951. The zero-order chi connectivity index (χ0) is 14.4. The van der Waals surface area contributed by atoms with Crippen LogP contribution in [0.2, 0.25) is 0 Å². The summed E-state index contributed by atoms with van der Waals surface area (Å²) in [4.78, 5) is 14.7. The van der Waals surface area contributed by atoms with Gasteiger partial charge >= 0.3 is 0 Å². The smallest absolute Gasteiger partial charge is 0.244 e. The van der Waals surface area contributed by atoms with Crippen LogP contribution in [0.25, 0.3) is 0 Å². The third-order valence-electron chi connectivity index (χ3n) is 2.46. The van der Waals surface area contributed by atoms with E-state index in [1.807, 2.05) is 6.92 Å². The lowest BCUT2D eigenvalue weighted by Crippen LogP contribution is -2.24. The number of nitrogens with zero attached hydrogens (tertiary/aromatic N) is 3. The number of aromatic amines is 1. The van der Waals surface area contributed by atoms with Crippen LogP contribution < -0.4 is 10.0 Å². The molecule has 108 valence electrons. The van der Waals surface area contributed by atoms with E-state index in [0.29, 0.717) is 11.8 Å². The molecule has 0 radical (unpaired) electrons. The van der Waals surface area contributed by atoms with Crippen LogP contribution in [0.3, 0.4) is 0 Å². The van der Waals surface area contributed by atoms with Gasteiger partial charge in [0.1, 0.15) is 10.7 Å². The Hall–Kier alpha value is -2.00. The maximum Gasteiger partial charge on any atom is 0.244 e. The average molecular weight is 296 g/mol. The molecule has 0 fully saturated rings. The first-order valence-corrected chi connectivity index (χ1v) is 7.64. The Labute approximate surface area is 117 Å². The molecular weight excluding hydrogens is 280 g/mol. The minimum atomic E-state index is -3.64. The first kappa shape index (κ1) is 14.4. The Bertz CT molecular complexity index is 623. The molecule has 0 saturated carbocycles. The molecule has 0 amide bonds. The summed E-state index contributed by atoms with van der Waals surface area (Å²) < 4.78 is 26.4. The lowest BCUT2D eigenvalue weighted by Gasteiger charge is -2.06. The molecule has 2 heterocycles. The first-order chi connectivity index (χ1) is 9.62. The van der Waals surface area contributed by atoms with Crippen molar-refractivity contribution in [1.29, 1.82) is 0 Å². The Kier molecular flexibility index (Phi) is 4.64. The molecule has 8 nitrogen and oxygen atoms in total. The minimum Gasteiger partial charge on any atom is -0.354 e. The number of rotatable bonds is 7. The fourth-order valence-corrected chi connectivity index (χ4v) is 2.30. The molecule has 3 N–H and O–H groups in total. The van der Waals surface area contributed by atoms with Crippen molar-refractivity contribution in [2.45, 2.75) is 24.8 Å². The second kappa shape index (κ2) is 6.44. The third kappa shape index (κ3) is 3.75. The maximum absolute atomic E-state index is 12.0. The van der Waals surface area contributed by atoms with Crippen LogP contribution >= 0.6 is 0 Å². The quantitative estimate of drug-likeness (QED) is 0.686. The second-order valence-electron chi connectivity index (χ2n) is 4.03. The molecule has 2 rings (SSSR count). The van der Waals surface area contributed by atoms with Crippen molar-refractivity contribution in [3.05, 3.63) is 30.6 Å². The van der Waals surface area contributed by atoms with Gasteiger partial charge in [-0.25, -0.2) is 28.1 Å². The summed E-state index contributed by atoms with van der Waals surface area (Å²) in [6.45, 7) is 2.85. The summed E-state index contributed by atoms with van der Waals surface area (Å²) >= 11 is 0. The SMILES string of the molecule is CCCNc1ncc(S(=O)(=O)NCc2ncc[nH]2)cn1. The van der Waals surface area contributed by atoms with E-state index in [2.05, 4.69) is 30.0 Å². The van der Waals surface area contributed by atoms with Crippen LogP contribution in [-0.2, 0) is 16.6 Å². The Morgan fingerprint density at radius 3 is 2.60 bits per heavy atom. The summed E-state index contributed by atoms with van der Waals surface area (Å²) in [6, 6.07) is 0. The predicted octanol–water partition coefficient (Wildman–Crippen LogP) is 0.500. The van der Waals surface area contributed by atoms with Crippen LogP contribution in [0.15, 0.2) is 29.7 Å². The molecule has 2 aromatic heterocycles. The van der Waals surface area contributed by atoms with E-state index in [4.69, 9.17) is 0 Å². The molecule has 2 aromatic rings. The van der Waals surface area contributed by atoms with Gasteiger partial charge in [-0.2, -0.15) is 0 Å². The van der Waals surface area contributed by atoms with Gasteiger partial charge in [-0.05, 0) is 6.42 Å². The van der Waals surface area contributed by atoms with Gasteiger partial charge < -0.3 is 10.3 Å². The first-order valence-electron chi connectivity index (χ1n) is 6.15. The van der Waals surface area contributed by atoms with Crippen LogP contribution in [0.5, 0.6) is 0 Å². The average Bonchev–Trinajstić information content (AvgIpc) is 2.97. The normalized spacial score (nSPS) is 11.4. The lowest BCUT2D eigenvalue weighted by atomic mass is 10.5. The molecule has 9 heteroatoms. The molecule has 0 unspecified atom stereocenters. The highest BCUT2D eigenvalue weighted by molar-refractivity contribution is 7.89. The fourth-order valence-electron chi connectivity index (χ4n) is 1.42. The second-order valence-corrected chi connectivity index (χ2v) is 5.80. The number of hydrogen-bond donors (Lipinski definition) is 3. The van der Waals surface area contributed by atoms with E-state index in [1.54, 1.807) is 12.4 Å². The van der Waals surface area contributed by atoms with Crippen molar-refractivity contribution in [1.82, 2.24) is 24.7 Å². The highest BCUT2D eigenvalue weighted by Crippen LogP contribution is 2.07. The molecule has 0 bridgehead atoms. The van der Waals surface area contributed by atoms with Crippen LogP contribution in [0.1, 0.15) is 19.2 Å². The van der Waals surface area contributed by atoms with Crippen molar-refractivity contribution in [2.75, 3.05) is 11.9 Å². The van der Waals surface area contributed by atoms with Gasteiger partial charge in [0, 0.05) is 18.9 Å². The molecule has 0 aromatic carbocycles. The largest absolute Gasteiger partial charge is 0.354 e. The molecule has 0 spiro atoms. The standard InChI is InChI=1S/C11H16N6O2S/c1-2-3-14-11-15-6-9(7-16-11)20(18,19)17-8-10-12-4-5-13-10/h4-7,17H,2-3,8H2,1H3,(H,12,13)(H,14,15,16). The maximum atomic E-state index is 12.0. The monoisotopic (exact) mass is 296 g/mol. The van der Waals surface area contributed by atoms with Crippen molar-refractivity contribution < 1.29 is 8.42 Å². The molecule has 0 aliphatic heterocycles. The Balaban J connectivity index is 2.01. The third-order valence-corrected chi connectivity index (χ3v) is 3.81. The molecule has 0 atom stereocenters. The lowest BCUT2D eigenvalue weighted by molar-refractivity contribution is 0.578. The zero-order valence-electron chi connectivity index (χ0n) is 11.0. The molecule has 0 aliphatic carbocycles. The highest BCUT2D eigenvalue weighted by Gasteiger charge is 2.15. The van der Waals surface area contributed by atoms with Crippen LogP contribution in [0.4, 0.5) is 5.95 Å². The van der Waals surface area contributed by atoms with Crippen molar-refractivity contribution >= 4 is 16.0 Å². The van der Waals surface area contributed by atoms with E-state index in [9.17, 15) is 8.42 Å². The summed E-state index contributed by atoms with van der Waals surface area (Å²) in [5, 5.41) is 2.97. The highest BCUT2D eigenvalue weighted by atomic mass is 32.2. The molecule has 0 saturated heterocycles. The fraction of sp³-hybridized carbons (Fsp3) is 0.364. The van der Waals surface area contributed by atoms with Gasteiger partial charge in [0.15, 0.2) is 0 Å². The van der Waals surface area contributed by atoms with Gasteiger partial charge in [0.2, 0.25) is 16.0 Å². The van der Waals surface area contributed by atoms with Crippen molar-refractivity contribution in [3.8, 4) is 0 Å². The number of sulfonamides is 1. The van der Waals surface area contributed by atoms with Crippen molar-refractivity contribution in [2.24, 2.45) is 0 Å². The zero-order valence-corrected chi connectivity index (χ0v) is 11.8. The number of aromatic nitrogens is 4. The van der Waals surface area contributed by atoms with E-state index < -0.39 is 10.0 Å². The number of nitrogens with one attached hydrogen (secondary N) is 3. The van der Waals surface area contributed by atoms with E-state index >= 15 is 0 Å². The number of anilines is 1.